The second kappa shape index (κ2) is 5.96. The molecule has 17 heavy (non-hydrogen) atoms. The molecule has 4 heteroatoms. The Morgan fingerprint density at radius 2 is 2.29 bits per heavy atom. The highest BCUT2D eigenvalue weighted by Crippen LogP contribution is 2.27. The molecule has 0 aromatic carbocycles. The van der Waals surface area contributed by atoms with Gasteiger partial charge in [0.1, 0.15) is 0 Å². The van der Waals surface area contributed by atoms with Crippen LogP contribution in [0.2, 0.25) is 0 Å². The summed E-state index contributed by atoms with van der Waals surface area (Å²) < 4.78 is 11.1. The summed E-state index contributed by atoms with van der Waals surface area (Å²) in [5, 5.41) is 7.95. The van der Waals surface area contributed by atoms with Gasteiger partial charge in [0.15, 0.2) is 0 Å². The van der Waals surface area contributed by atoms with Gasteiger partial charge in [-0.25, -0.2) is 0 Å². The lowest BCUT2D eigenvalue weighted by atomic mass is 9.85. The van der Waals surface area contributed by atoms with Crippen molar-refractivity contribution < 1.29 is 9.47 Å². The quantitative estimate of drug-likeness (QED) is 0.846. The second-order valence-corrected chi connectivity index (χ2v) is 5.24. The Kier molecular flexibility index (Phi) is 4.56. The zero-order valence-corrected chi connectivity index (χ0v) is 11.5. The number of nitrogens with one attached hydrogen (secondary N) is 1. The van der Waals surface area contributed by atoms with E-state index in [-0.39, 0.29) is 12.2 Å². The summed E-state index contributed by atoms with van der Waals surface area (Å²) in [7, 11) is 1.76. The van der Waals surface area contributed by atoms with Gasteiger partial charge in [-0.1, -0.05) is 0 Å². The van der Waals surface area contributed by atoms with Crippen LogP contribution in [-0.4, -0.2) is 32.0 Å². The van der Waals surface area contributed by atoms with Crippen LogP contribution < -0.4 is 5.32 Å². The molecule has 0 aliphatic heterocycles. The molecule has 1 aliphatic carbocycles. The molecule has 1 aromatic rings. The number of hydrogen-bond donors (Lipinski definition) is 1. The number of thiophene rings is 1. The van der Waals surface area contributed by atoms with Crippen LogP contribution in [0.4, 0.5) is 0 Å². The third kappa shape index (κ3) is 2.88. The molecule has 2 rings (SSSR count). The first kappa shape index (κ1) is 13.0. The Hall–Kier alpha value is -0.420. The van der Waals surface area contributed by atoms with Crippen LogP contribution in [0.1, 0.15) is 24.5 Å². The van der Waals surface area contributed by atoms with Gasteiger partial charge in [0.25, 0.3) is 0 Å². The Morgan fingerprint density at radius 1 is 1.47 bits per heavy atom. The first-order chi connectivity index (χ1) is 8.26. The van der Waals surface area contributed by atoms with Crippen LogP contribution in [0.15, 0.2) is 10.8 Å². The molecule has 1 aromatic heterocycles. The maximum atomic E-state index is 5.61. The van der Waals surface area contributed by atoms with E-state index in [1.165, 1.54) is 11.1 Å². The summed E-state index contributed by atoms with van der Waals surface area (Å²) in [6.45, 7) is 5.88. The highest BCUT2D eigenvalue weighted by atomic mass is 32.1. The van der Waals surface area contributed by atoms with E-state index >= 15 is 0 Å². The van der Waals surface area contributed by atoms with Crippen LogP contribution in [0.5, 0.6) is 0 Å². The van der Waals surface area contributed by atoms with Crippen molar-refractivity contribution in [3.63, 3.8) is 0 Å². The third-order valence-corrected chi connectivity index (χ3v) is 4.33. The minimum atomic E-state index is 0.203. The van der Waals surface area contributed by atoms with E-state index < -0.39 is 0 Å². The number of methoxy groups -OCH3 is 1. The molecule has 1 N–H and O–H groups in total. The van der Waals surface area contributed by atoms with Crippen LogP contribution >= 0.6 is 11.3 Å². The largest absolute Gasteiger partial charge is 0.377 e. The molecule has 1 heterocycles. The Bertz CT molecular complexity index is 353. The molecule has 1 fully saturated rings. The molecular weight excluding hydrogens is 234 g/mol. The average molecular weight is 255 g/mol. The molecule has 1 aliphatic rings. The van der Waals surface area contributed by atoms with E-state index in [9.17, 15) is 0 Å². The van der Waals surface area contributed by atoms with Gasteiger partial charge < -0.3 is 14.8 Å². The van der Waals surface area contributed by atoms with E-state index in [0.29, 0.717) is 6.04 Å². The van der Waals surface area contributed by atoms with Crippen LogP contribution in [0.25, 0.3) is 0 Å². The number of hydrogen-bond acceptors (Lipinski definition) is 4. The molecule has 3 unspecified atom stereocenters. The predicted molar refractivity (Wildman–Crippen MR) is 70.5 cm³/mol. The van der Waals surface area contributed by atoms with Crippen molar-refractivity contribution in [2.75, 3.05) is 13.7 Å². The highest BCUT2D eigenvalue weighted by molar-refractivity contribution is 7.08. The van der Waals surface area contributed by atoms with Crippen LogP contribution in [0.3, 0.4) is 0 Å². The monoisotopic (exact) mass is 255 g/mol. The maximum Gasteiger partial charge on any atom is 0.0986 e. The maximum absolute atomic E-state index is 5.61. The van der Waals surface area contributed by atoms with Crippen LogP contribution in [-0.2, 0) is 16.0 Å². The molecule has 96 valence electrons. The van der Waals surface area contributed by atoms with E-state index in [0.717, 1.165) is 19.6 Å². The van der Waals surface area contributed by atoms with Gasteiger partial charge in [-0.15, -0.1) is 0 Å². The summed E-state index contributed by atoms with van der Waals surface area (Å²) in [6, 6.07) is 0.427. The van der Waals surface area contributed by atoms with Crippen molar-refractivity contribution in [3.05, 3.63) is 21.9 Å². The molecule has 0 saturated heterocycles. The van der Waals surface area contributed by atoms with E-state index in [2.05, 4.69) is 23.0 Å². The summed E-state index contributed by atoms with van der Waals surface area (Å²) in [4.78, 5) is 0. The van der Waals surface area contributed by atoms with E-state index in [1.807, 2.05) is 6.92 Å². The predicted octanol–water partition coefficient (Wildman–Crippen LogP) is 2.34. The lowest BCUT2D eigenvalue weighted by molar-refractivity contribution is -0.131. The third-order valence-electron chi connectivity index (χ3n) is 3.42. The summed E-state index contributed by atoms with van der Waals surface area (Å²) in [5.41, 5.74) is 2.77. The lowest BCUT2D eigenvalue weighted by Crippen LogP contribution is -2.59. The zero-order chi connectivity index (χ0) is 12.3. The van der Waals surface area contributed by atoms with E-state index in [1.54, 1.807) is 18.4 Å². The molecule has 3 nitrogen and oxygen atoms in total. The molecule has 0 radical (unpaired) electrons. The smallest absolute Gasteiger partial charge is 0.0986 e. The number of rotatable bonds is 6. The topological polar surface area (TPSA) is 30.5 Å². The first-order valence-electron chi connectivity index (χ1n) is 6.15. The van der Waals surface area contributed by atoms with Crippen molar-refractivity contribution in [2.24, 2.45) is 0 Å². The fraction of sp³-hybridized carbons (Fsp3) is 0.692. The van der Waals surface area contributed by atoms with Crippen molar-refractivity contribution in [1.82, 2.24) is 5.32 Å². The number of aryl methyl sites for hydroxylation is 1. The molecule has 0 amide bonds. The Labute approximate surface area is 107 Å². The minimum Gasteiger partial charge on any atom is -0.377 e. The van der Waals surface area contributed by atoms with Crippen molar-refractivity contribution in [2.45, 2.75) is 45.1 Å². The van der Waals surface area contributed by atoms with Crippen LogP contribution in [0, 0.1) is 6.92 Å². The second-order valence-electron chi connectivity index (χ2n) is 4.50. The Morgan fingerprint density at radius 3 is 2.88 bits per heavy atom. The molecule has 0 bridgehead atoms. The standard InChI is InChI=1S/C13H21NO2S/c1-4-16-12-5-11(13(12)15-3)14-6-10-8-17-7-9(10)2/h7-8,11-14H,4-6H2,1-3H3. The van der Waals surface area contributed by atoms with Gasteiger partial charge >= 0.3 is 0 Å². The summed E-state index contributed by atoms with van der Waals surface area (Å²) in [5.74, 6) is 0. The van der Waals surface area contributed by atoms with Gasteiger partial charge in [0, 0.05) is 26.3 Å². The molecule has 1 saturated carbocycles. The molecule has 3 atom stereocenters. The van der Waals surface area contributed by atoms with Crippen molar-refractivity contribution >= 4 is 11.3 Å². The van der Waals surface area contributed by atoms with Gasteiger partial charge in [0.2, 0.25) is 0 Å². The van der Waals surface area contributed by atoms with Crippen molar-refractivity contribution in [1.29, 1.82) is 0 Å². The normalized spacial score (nSPS) is 28.1. The first-order valence-corrected chi connectivity index (χ1v) is 7.10. The zero-order valence-electron chi connectivity index (χ0n) is 10.7. The van der Waals surface area contributed by atoms with Crippen molar-refractivity contribution in [3.8, 4) is 0 Å². The Balaban J connectivity index is 1.79. The van der Waals surface area contributed by atoms with Gasteiger partial charge in [-0.05, 0) is 42.2 Å². The fourth-order valence-corrected chi connectivity index (χ4v) is 3.14. The molecule has 0 spiro atoms. The van der Waals surface area contributed by atoms with Gasteiger partial charge in [-0.3, -0.25) is 0 Å². The number of ether oxygens (including phenoxy) is 2. The fourth-order valence-electron chi connectivity index (χ4n) is 2.28. The van der Waals surface area contributed by atoms with Gasteiger partial charge in [0.05, 0.1) is 12.2 Å². The molecular formula is C13H21NO2S. The highest BCUT2D eigenvalue weighted by Gasteiger charge is 2.41. The van der Waals surface area contributed by atoms with Gasteiger partial charge in [-0.2, -0.15) is 11.3 Å². The lowest BCUT2D eigenvalue weighted by Gasteiger charge is -2.43. The SMILES string of the molecule is CCOC1CC(NCc2cscc2C)C1OC. The van der Waals surface area contributed by atoms with E-state index in [4.69, 9.17) is 9.47 Å². The minimum absolute atomic E-state index is 0.203. The summed E-state index contributed by atoms with van der Waals surface area (Å²) in [6.07, 6.45) is 1.52. The summed E-state index contributed by atoms with van der Waals surface area (Å²) >= 11 is 1.76. The average Bonchev–Trinajstić information content (AvgIpc) is 2.69.